The Hall–Kier alpha value is -0.970. The van der Waals surface area contributed by atoms with E-state index in [0.717, 1.165) is 29.3 Å². The van der Waals surface area contributed by atoms with Gasteiger partial charge in [-0.25, -0.2) is 9.97 Å². The van der Waals surface area contributed by atoms with Crippen molar-refractivity contribution in [3.8, 4) is 0 Å². The zero-order valence-corrected chi connectivity index (χ0v) is 11.5. The van der Waals surface area contributed by atoms with Gasteiger partial charge >= 0.3 is 0 Å². The van der Waals surface area contributed by atoms with Gasteiger partial charge in [0, 0.05) is 18.7 Å². The summed E-state index contributed by atoms with van der Waals surface area (Å²) in [6.45, 7) is 5.24. The molecular formula is C12H20N4S. The molecule has 0 spiro atoms. The molecule has 0 atom stereocenters. The van der Waals surface area contributed by atoms with Gasteiger partial charge in [-0.15, -0.1) is 0 Å². The molecule has 1 aliphatic carbocycles. The van der Waals surface area contributed by atoms with E-state index in [9.17, 15) is 0 Å². The fourth-order valence-corrected chi connectivity index (χ4v) is 2.47. The number of nitrogens with one attached hydrogen (secondary N) is 2. The highest BCUT2D eigenvalue weighted by Gasteiger charge is 2.25. The molecule has 0 aliphatic heterocycles. The molecule has 17 heavy (non-hydrogen) atoms. The third kappa shape index (κ3) is 3.25. The molecule has 0 amide bonds. The summed E-state index contributed by atoms with van der Waals surface area (Å²) in [5.74, 6) is 2.70. The van der Waals surface area contributed by atoms with E-state index in [1.54, 1.807) is 11.8 Å². The topological polar surface area (TPSA) is 49.8 Å². The molecule has 5 heteroatoms. The minimum Gasteiger partial charge on any atom is -0.370 e. The maximum absolute atomic E-state index is 4.48. The van der Waals surface area contributed by atoms with Gasteiger partial charge in [0.15, 0.2) is 5.16 Å². The molecule has 1 fully saturated rings. The molecule has 1 aromatic rings. The van der Waals surface area contributed by atoms with Crippen LogP contribution in [0.2, 0.25) is 0 Å². The van der Waals surface area contributed by atoms with Crippen molar-refractivity contribution in [2.75, 3.05) is 23.4 Å². The lowest BCUT2D eigenvalue weighted by Crippen LogP contribution is -2.34. The molecule has 0 bridgehead atoms. The Morgan fingerprint density at radius 1 is 1.35 bits per heavy atom. The monoisotopic (exact) mass is 252 g/mol. The Labute approximate surface area is 107 Å². The fraction of sp³-hybridized carbons (Fsp3) is 0.667. The lowest BCUT2D eigenvalue weighted by molar-refractivity contribution is 0.308. The van der Waals surface area contributed by atoms with Crippen LogP contribution in [0.1, 0.15) is 26.7 Å². The largest absolute Gasteiger partial charge is 0.370 e. The maximum Gasteiger partial charge on any atom is 0.191 e. The van der Waals surface area contributed by atoms with E-state index in [1.165, 1.54) is 12.8 Å². The van der Waals surface area contributed by atoms with E-state index in [-0.39, 0.29) is 0 Å². The standard InChI is InChI=1S/C12H20N4S/c1-4-13-10-7-11(16-12(15-10)17-3)14-9-5-8(2)6-9/h7-9H,4-6H2,1-3H3,(H2,13,14,15,16). The minimum atomic E-state index is 0.587. The normalized spacial score (nSPS) is 23.0. The minimum absolute atomic E-state index is 0.587. The third-order valence-corrected chi connectivity index (χ3v) is 3.52. The first-order valence-electron chi connectivity index (χ1n) is 6.14. The van der Waals surface area contributed by atoms with Gasteiger partial charge in [0.05, 0.1) is 0 Å². The van der Waals surface area contributed by atoms with Crippen LogP contribution in [0.25, 0.3) is 0 Å². The van der Waals surface area contributed by atoms with Crippen molar-refractivity contribution in [3.05, 3.63) is 6.07 Å². The molecule has 2 N–H and O–H groups in total. The van der Waals surface area contributed by atoms with Crippen LogP contribution in [-0.2, 0) is 0 Å². The summed E-state index contributed by atoms with van der Waals surface area (Å²) in [4.78, 5) is 8.89. The zero-order valence-electron chi connectivity index (χ0n) is 10.7. The third-order valence-electron chi connectivity index (χ3n) is 2.97. The van der Waals surface area contributed by atoms with E-state index >= 15 is 0 Å². The molecule has 1 aromatic heterocycles. The van der Waals surface area contributed by atoms with E-state index < -0.39 is 0 Å². The zero-order chi connectivity index (χ0) is 12.3. The first-order valence-corrected chi connectivity index (χ1v) is 7.37. The summed E-state index contributed by atoms with van der Waals surface area (Å²) in [7, 11) is 0. The van der Waals surface area contributed by atoms with Crippen molar-refractivity contribution in [2.24, 2.45) is 5.92 Å². The van der Waals surface area contributed by atoms with Crippen LogP contribution in [0.3, 0.4) is 0 Å². The van der Waals surface area contributed by atoms with Crippen LogP contribution in [-0.4, -0.2) is 28.8 Å². The Morgan fingerprint density at radius 3 is 2.65 bits per heavy atom. The highest BCUT2D eigenvalue weighted by atomic mass is 32.2. The number of hydrogen-bond donors (Lipinski definition) is 2. The van der Waals surface area contributed by atoms with Gasteiger partial charge in [-0.3, -0.25) is 0 Å². The van der Waals surface area contributed by atoms with E-state index in [4.69, 9.17) is 0 Å². The van der Waals surface area contributed by atoms with E-state index in [2.05, 4.69) is 34.4 Å². The molecular weight excluding hydrogens is 232 g/mol. The molecule has 1 saturated carbocycles. The molecule has 4 nitrogen and oxygen atoms in total. The summed E-state index contributed by atoms with van der Waals surface area (Å²) in [5, 5.41) is 7.53. The summed E-state index contributed by atoms with van der Waals surface area (Å²) in [5.41, 5.74) is 0. The van der Waals surface area contributed by atoms with Crippen LogP contribution in [0.15, 0.2) is 11.2 Å². The average Bonchev–Trinajstić information content (AvgIpc) is 2.27. The average molecular weight is 252 g/mol. The van der Waals surface area contributed by atoms with Crippen molar-refractivity contribution in [1.82, 2.24) is 9.97 Å². The van der Waals surface area contributed by atoms with Crippen LogP contribution in [0.5, 0.6) is 0 Å². The number of rotatable bonds is 5. The fourth-order valence-electron chi connectivity index (χ4n) is 2.09. The smallest absolute Gasteiger partial charge is 0.191 e. The number of thioether (sulfide) groups is 1. The summed E-state index contributed by atoms with van der Waals surface area (Å²) in [6, 6.07) is 2.58. The van der Waals surface area contributed by atoms with Gasteiger partial charge in [0.25, 0.3) is 0 Å². The summed E-state index contributed by atoms with van der Waals surface area (Å²) in [6.07, 6.45) is 4.49. The van der Waals surface area contributed by atoms with Crippen LogP contribution in [0.4, 0.5) is 11.6 Å². The molecule has 0 radical (unpaired) electrons. The molecule has 0 aromatic carbocycles. The Morgan fingerprint density at radius 2 is 2.06 bits per heavy atom. The maximum atomic E-state index is 4.48. The molecule has 0 unspecified atom stereocenters. The second-order valence-electron chi connectivity index (χ2n) is 4.57. The number of hydrogen-bond acceptors (Lipinski definition) is 5. The van der Waals surface area contributed by atoms with Crippen molar-refractivity contribution in [2.45, 2.75) is 37.9 Å². The highest BCUT2D eigenvalue weighted by Crippen LogP contribution is 2.29. The summed E-state index contributed by atoms with van der Waals surface area (Å²) >= 11 is 1.57. The predicted octanol–water partition coefficient (Wildman–Crippen LogP) is 2.84. The van der Waals surface area contributed by atoms with Crippen molar-refractivity contribution in [1.29, 1.82) is 0 Å². The van der Waals surface area contributed by atoms with Crippen molar-refractivity contribution < 1.29 is 0 Å². The van der Waals surface area contributed by atoms with Crippen molar-refractivity contribution in [3.63, 3.8) is 0 Å². The predicted molar refractivity (Wildman–Crippen MR) is 73.8 cm³/mol. The van der Waals surface area contributed by atoms with Crippen molar-refractivity contribution >= 4 is 23.4 Å². The van der Waals surface area contributed by atoms with Gasteiger partial charge in [-0.05, 0) is 31.9 Å². The SMILES string of the molecule is CCNc1cc(NC2CC(C)C2)nc(SC)n1. The second-order valence-corrected chi connectivity index (χ2v) is 5.35. The van der Waals surface area contributed by atoms with E-state index in [0.29, 0.717) is 6.04 Å². The highest BCUT2D eigenvalue weighted by molar-refractivity contribution is 7.98. The Balaban J connectivity index is 2.06. The van der Waals surface area contributed by atoms with Gasteiger partial charge in [-0.1, -0.05) is 18.7 Å². The van der Waals surface area contributed by atoms with Gasteiger partial charge in [0.1, 0.15) is 11.6 Å². The lowest BCUT2D eigenvalue weighted by atomic mass is 9.82. The summed E-state index contributed by atoms with van der Waals surface area (Å²) < 4.78 is 0. The number of nitrogens with zero attached hydrogens (tertiary/aromatic N) is 2. The first-order chi connectivity index (χ1) is 8.21. The first kappa shape index (κ1) is 12.5. The second kappa shape index (κ2) is 5.58. The van der Waals surface area contributed by atoms with Gasteiger partial charge in [-0.2, -0.15) is 0 Å². The quantitative estimate of drug-likeness (QED) is 0.623. The van der Waals surface area contributed by atoms with Crippen LogP contribution < -0.4 is 10.6 Å². The molecule has 94 valence electrons. The van der Waals surface area contributed by atoms with Gasteiger partial charge < -0.3 is 10.6 Å². The molecule has 2 rings (SSSR count). The lowest BCUT2D eigenvalue weighted by Gasteiger charge is -2.33. The molecule has 1 heterocycles. The van der Waals surface area contributed by atoms with E-state index in [1.807, 2.05) is 12.3 Å². The van der Waals surface area contributed by atoms with Gasteiger partial charge in [0.2, 0.25) is 0 Å². The Kier molecular flexibility index (Phi) is 4.10. The van der Waals surface area contributed by atoms with Crippen LogP contribution >= 0.6 is 11.8 Å². The van der Waals surface area contributed by atoms with Crippen LogP contribution in [0, 0.1) is 5.92 Å². The number of anilines is 2. The molecule has 1 aliphatic rings. The molecule has 0 saturated heterocycles. The number of aromatic nitrogens is 2. The Bertz CT molecular complexity index is 377.